The van der Waals surface area contributed by atoms with E-state index < -0.39 is 0 Å². The molecule has 7 heteroatoms. The fraction of sp³-hybridized carbons (Fsp3) is 0.211. The van der Waals surface area contributed by atoms with Crippen LogP contribution >= 0.6 is 11.8 Å². The topological polar surface area (TPSA) is 55.2 Å². The average Bonchev–Trinajstić information content (AvgIpc) is 2.65. The van der Waals surface area contributed by atoms with Gasteiger partial charge in [0.2, 0.25) is 5.91 Å². The molecule has 26 heavy (non-hydrogen) atoms. The number of hydrogen-bond acceptors (Lipinski definition) is 4. The first kappa shape index (κ1) is 18.1. The van der Waals surface area contributed by atoms with Crippen LogP contribution in [0.1, 0.15) is 6.92 Å². The van der Waals surface area contributed by atoms with Gasteiger partial charge in [-0.1, -0.05) is 23.9 Å². The van der Waals surface area contributed by atoms with Crippen LogP contribution in [0.4, 0.5) is 10.1 Å². The summed E-state index contributed by atoms with van der Waals surface area (Å²) in [5.41, 5.74) is 1.10. The first-order valence-electron chi connectivity index (χ1n) is 8.15. The molecule has 2 aromatic carbocycles. The van der Waals surface area contributed by atoms with Crippen molar-refractivity contribution in [2.45, 2.75) is 12.1 Å². The lowest BCUT2D eigenvalue weighted by atomic mass is 10.2. The van der Waals surface area contributed by atoms with Crippen molar-refractivity contribution in [2.24, 2.45) is 7.05 Å². The zero-order valence-corrected chi connectivity index (χ0v) is 15.3. The maximum atomic E-state index is 13.1. The van der Waals surface area contributed by atoms with Crippen molar-refractivity contribution in [1.29, 1.82) is 0 Å². The second kappa shape index (κ2) is 7.70. The maximum Gasteiger partial charge on any atom is 0.261 e. The summed E-state index contributed by atoms with van der Waals surface area (Å²) in [5.74, 6) is -0.349. The normalized spacial score (nSPS) is 10.9. The summed E-state index contributed by atoms with van der Waals surface area (Å²) in [5, 5.41) is 1.03. The van der Waals surface area contributed by atoms with Crippen LogP contribution in [-0.4, -0.2) is 27.8 Å². The molecule has 0 bridgehead atoms. The Hall–Kier alpha value is -2.67. The molecule has 3 aromatic rings. The second-order valence-electron chi connectivity index (χ2n) is 5.68. The monoisotopic (exact) mass is 371 g/mol. The molecular formula is C19H18FN3O2S. The molecule has 0 aliphatic heterocycles. The van der Waals surface area contributed by atoms with E-state index >= 15 is 0 Å². The van der Waals surface area contributed by atoms with Gasteiger partial charge in [-0.2, -0.15) is 0 Å². The number of para-hydroxylation sites is 1. The summed E-state index contributed by atoms with van der Waals surface area (Å²) in [6, 6.07) is 12.9. The standard InChI is InChI=1S/C19H18FN3O2S/c1-3-23(14-10-8-13(20)9-11-14)17(24)12-26-19-21-16-7-5-4-6-15(16)18(25)22(19)2/h4-11H,3,12H2,1-2H3. The third kappa shape index (κ3) is 3.62. The Kier molecular flexibility index (Phi) is 5.37. The molecule has 3 rings (SSSR count). The number of benzene rings is 2. The van der Waals surface area contributed by atoms with Crippen LogP contribution in [0, 0.1) is 5.82 Å². The van der Waals surface area contributed by atoms with Crippen molar-refractivity contribution in [2.75, 3.05) is 17.2 Å². The summed E-state index contributed by atoms with van der Waals surface area (Å²) < 4.78 is 14.5. The molecule has 0 N–H and O–H groups in total. The summed E-state index contributed by atoms with van der Waals surface area (Å²) in [6.45, 7) is 2.32. The Morgan fingerprint density at radius 2 is 1.88 bits per heavy atom. The van der Waals surface area contributed by atoms with Gasteiger partial charge in [0.05, 0.1) is 16.7 Å². The second-order valence-corrected chi connectivity index (χ2v) is 6.62. The fourth-order valence-corrected chi connectivity index (χ4v) is 3.50. The van der Waals surface area contributed by atoms with Crippen molar-refractivity contribution in [3.63, 3.8) is 0 Å². The number of nitrogens with zero attached hydrogens (tertiary/aromatic N) is 3. The van der Waals surface area contributed by atoms with Gasteiger partial charge in [-0.3, -0.25) is 14.2 Å². The van der Waals surface area contributed by atoms with E-state index in [9.17, 15) is 14.0 Å². The van der Waals surface area contributed by atoms with E-state index in [-0.39, 0.29) is 23.0 Å². The van der Waals surface area contributed by atoms with E-state index in [0.29, 0.717) is 28.3 Å². The summed E-state index contributed by atoms with van der Waals surface area (Å²) in [4.78, 5) is 31.1. The van der Waals surface area contributed by atoms with Crippen LogP contribution in [0.3, 0.4) is 0 Å². The number of halogens is 1. The summed E-state index contributed by atoms with van der Waals surface area (Å²) >= 11 is 1.21. The van der Waals surface area contributed by atoms with Crippen molar-refractivity contribution < 1.29 is 9.18 Å². The highest BCUT2D eigenvalue weighted by Gasteiger charge is 2.16. The Labute approximate surface area is 154 Å². The van der Waals surface area contributed by atoms with Gasteiger partial charge in [0, 0.05) is 19.3 Å². The zero-order chi connectivity index (χ0) is 18.7. The quantitative estimate of drug-likeness (QED) is 0.510. The number of aromatic nitrogens is 2. The van der Waals surface area contributed by atoms with Crippen LogP contribution in [0.15, 0.2) is 58.5 Å². The lowest BCUT2D eigenvalue weighted by Crippen LogP contribution is -2.32. The van der Waals surface area contributed by atoms with Crippen molar-refractivity contribution >= 4 is 34.3 Å². The molecular weight excluding hydrogens is 353 g/mol. The SMILES string of the molecule is CCN(C(=O)CSc1nc2ccccc2c(=O)n1C)c1ccc(F)cc1. The van der Waals surface area contributed by atoms with Crippen LogP contribution in [0.2, 0.25) is 0 Å². The molecule has 0 radical (unpaired) electrons. The zero-order valence-electron chi connectivity index (χ0n) is 14.5. The number of amides is 1. The van der Waals surface area contributed by atoms with E-state index in [0.717, 1.165) is 0 Å². The highest BCUT2D eigenvalue weighted by atomic mass is 32.2. The number of carbonyl (C=O) groups excluding carboxylic acids is 1. The average molecular weight is 371 g/mol. The predicted octanol–water partition coefficient (Wildman–Crippen LogP) is 3.22. The number of fused-ring (bicyclic) bond motifs is 1. The Morgan fingerprint density at radius 1 is 1.19 bits per heavy atom. The Morgan fingerprint density at radius 3 is 2.58 bits per heavy atom. The Bertz CT molecular complexity index is 1000. The number of hydrogen-bond donors (Lipinski definition) is 0. The van der Waals surface area contributed by atoms with Gasteiger partial charge in [0.15, 0.2) is 5.16 Å². The fourth-order valence-electron chi connectivity index (χ4n) is 2.65. The molecule has 0 aliphatic carbocycles. The molecule has 134 valence electrons. The van der Waals surface area contributed by atoms with Crippen LogP contribution in [0.25, 0.3) is 10.9 Å². The van der Waals surface area contributed by atoms with E-state index in [4.69, 9.17) is 0 Å². The smallest absolute Gasteiger partial charge is 0.261 e. The van der Waals surface area contributed by atoms with Gasteiger partial charge in [0.1, 0.15) is 5.82 Å². The van der Waals surface area contributed by atoms with E-state index in [1.807, 2.05) is 13.0 Å². The van der Waals surface area contributed by atoms with Crippen molar-refractivity contribution in [3.8, 4) is 0 Å². The minimum Gasteiger partial charge on any atom is -0.312 e. The number of rotatable bonds is 5. The molecule has 0 saturated heterocycles. The van der Waals surface area contributed by atoms with Crippen LogP contribution in [-0.2, 0) is 11.8 Å². The highest BCUT2D eigenvalue weighted by Crippen LogP contribution is 2.20. The van der Waals surface area contributed by atoms with E-state index in [2.05, 4.69) is 4.98 Å². The number of thioether (sulfide) groups is 1. The molecule has 1 aromatic heterocycles. The predicted molar refractivity (Wildman–Crippen MR) is 102 cm³/mol. The van der Waals surface area contributed by atoms with E-state index in [1.54, 1.807) is 42.3 Å². The molecule has 1 heterocycles. The van der Waals surface area contributed by atoms with Crippen LogP contribution in [0.5, 0.6) is 0 Å². The Balaban J connectivity index is 1.80. The molecule has 0 saturated carbocycles. The lowest BCUT2D eigenvalue weighted by Gasteiger charge is -2.21. The van der Waals surface area contributed by atoms with Gasteiger partial charge >= 0.3 is 0 Å². The van der Waals surface area contributed by atoms with Gasteiger partial charge in [0.25, 0.3) is 5.56 Å². The molecule has 0 fully saturated rings. The maximum absolute atomic E-state index is 13.1. The van der Waals surface area contributed by atoms with E-state index in [1.165, 1.54) is 28.5 Å². The molecule has 5 nitrogen and oxygen atoms in total. The number of anilines is 1. The molecule has 0 atom stereocenters. The van der Waals surface area contributed by atoms with Gasteiger partial charge in [-0.25, -0.2) is 9.37 Å². The summed E-state index contributed by atoms with van der Waals surface area (Å²) in [6.07, 6.45) is 0. The molecule has 1 amide bonds. The van der Waals surface area contributed by atoms with Gasteiger partial charge in [-0.05, 0) is 43.3 Å². The largest absolute Gasteiger partial charge is 0.312 e. The third-order valence-electron chi connectivity index (χ3n) is 4.02. The first-order valence-corrected chi connectivity index (χ1v) is 9.14. The minimum absolute atomic E-state index is 0.129. The summed E-state index contributed by atoms with van der Waals surface area (Å²) in [7, 11) is 1.64. The molecule has 0 unspecified atom stereocenters. The van der Waals surface area contributed by atoms with Gasteiger partial charge < -0.3 is 4.90 Å². The highest BCUT2D eigenvalue weighted by molar-refractivity contribution is 7.99. The third-order valence-corrected chi connectivity index (χ3v) is 5.04. The number of carbonyl (C=O) groups is 1. The van der Waals surface area contributed by atoms with Crippen molar-refractivity contribution in [1.82, 2.24) is 9.55 Å². The first-order chi connectivity index (χ1) is 12.5. The molecule has 0 aliphatic rings. The molecule has 0 spiro atoms. The lowest BCUT2D eigenvalue weighted by molar-refractivity contribution is -0.116. The van der Waals surface area contributed by atoms with Gasteiger partial charge in [-0.15, -0.1) is 0 Å². The minimum atomic E-state index is -0.345. The van der Waals surface area contributed by atoms with Crippen molar-refractivity contribution in [3.05, 3.63) is 64.7 Å². The van der Waals surface area contributed by atoms with Crippen LogP contribution < -0.4 is 10.5 Å².